The molecule has 0 fully saturated rings. The molecule has 6 heteroatoms. The molecular weight excluding hydrogens is 382 g/mol. The second-order valence-electron chi connectivity index (χ2n) is 4.56. The van der Waals surface area contributed by atoms with E-state index >= 15 is 0 Å². The highest BCUT2D eigenvalue weighted by molar-refractivity contribution is 14.0. The van der Waals surface area contributed by atoms with E-state index in [0.29, 0.717) is 24.6 Å². The van der Waals surface area contributed by atoms with Gasteiger partial charge in [0.1, 0.15) is 5.82 Å². The van der Waals surface area contributed by atoms with Gasteiger partial charge in [-0.2, -0.15) is 0 Å². The molecular formula is C15H20FIN4. The van der Waals surface area contributed by atoms with Crippen molar-refractivity contribution < 1.29 is 4.39 Å². The van der Waals surface area contributed by atoms with E-state index in [1.807, 2.05) is 36.1 Å². The van der Waals surface area contributed by atoms with Gasteiger partial charge >= 0.3 is 0 Å². The quantitative estimate of drug-likeness (QED) is 0.469. The molecule has 0 aliphatic rings. The van der Waals surface area contributed by atoms with E-state index in [9.17, 15) is 4.39 Å². The van der Waals surface area contributed by atoms with Crippen LogP contribution in [0.1, 0.15) is 11.1 Å². The first-order chi connectivity index (χ1) is 9.69. The second kappa shape index (κ2) is 8.66. The zero-order valence-corrected chi connectivity index (χ0v) is 14.5. The monoisotopic (exact) mass is 402 g/mol. The van der Waals surface area contributed by atoms with Gasteiger partial charge in [-0.3, -0.25) is 4.99 Å². The van der Waals surface area contributed by atoms with Gasteiger partial charge in [-0.1, -0.05) is 18.2 Å². The fraction of sp³-hybridized carbons (Fsp3) is 0.267. The van der Waals surface area contributed by atoms with E-state index < -0.39 is 0 Å². The van der Waals surface area contributed by atoms with Gasteiger partial charge in [0.2, 0.25) is 0 Å². The summed E-state index contributed by atoms with van der Waals surface area (Å²) in [5, 5.41) is 6.29. The van der Waals surface area contributed by atoms with Crippen LogP contribution in [0.2, 0.25) is 0 Å². The number of nitrogens with one attached hydrogen (secondary N) is 2. The molecule has 0 unspecified atom stereocenters. The molecule has 1 aromatic carbocycles. The fourth-order valence-electron chi connectivity index (χ4n) is 1.89. The molecule has 2 rings (SSSR count). The molecule has 21 heavy (non-hydrogen) atoms. The number of benzene rings is 1. The molecule has 0 saturated carbocycles. The van der Waals surface area contributed by atoms with Crippen molar-refractivity contribution >= 4 is 29.9 Å². The maximum absolute atomic E-state index is 13.5. The highest BCUT2D eigenvalue weighted by Gasteiger charge is 2.03. The molecule has 0 aliphatic heterocycles. The van der Waals surface area contributed by atoms with Crippen LogP contribution in [0.5, 0.6) is 0 Å². The summed E-state index contributed by atoms with van der Waals surface area (Å²) in [5.41, 5.74) is 1.79. The minimum Gasteiger partial charge on any atom is -0.357 e. The Balaban J connectivity index is 0.00000220. The molecule has 0 saturated heterocycles. The lowest BCUT2D eigenvalue weighted by molar-refractivity contribution is 0.604. The van der Waals surface area contributed by atoms with Crippen molar-refractivity contribution in [2.75, 3.05) is 7.05 Å². The highest BCUT2D eigenvalue weighted by atomic mass is 127. The molecule has 1 aromatic heterocycles. The Hall–Kier alpha value is -1.57. The highest BCUT2D eigenvalue weighted by Crippen LogP contribution is 2.05. The lowest BCUT2D eigenvalue weighted by atomic mass is 10.2. The largest absolute Gasteiger partial charge is 0.357 e. The van der Waals surface area contributed by atoms with Crippen LogP contribution >= 0.6 is 24.0 Å². The molecule has 0 bridgehead atoms. The molecule has 0 aliphatic carbocycles. The van der Waals surface area contributed by atoms with Crippen LogP contribution in [-0.4, -0.2) is 17.6 Å². The SMILES string of the molecule is CN=C(NCc1ccn(C)c1)NCc1ccccc1F.I. The maximum atomic E-state index is 13.5. The number of aromatic nitrogens is 1. The van der Waals surface area contributed by atoms with E-state index in [-0.39, 0.29) is 29.8 Å². The zero-order chi connectivity index (χ0) is 14.4. The van der Waals surface area contributed by atoms with Gasteiger partial charge in [0, 0.05) is 45.1 Å². The predicted octanol–water partition coefficient (Wildman–Crippen LogP) is 2.65. The number of nitrogens with zero attached hydrogens (tertiary/aromatic N) is 2. The average molecular weight is 402 g/mol. The number of aliphatic imine (C=N–C) groups is 1. The summed E-state index contributed by atoms with van der Waals surface area (Å²) in [6.45, 7) is 1.08. The number of halogens is 2. The van der Waals surface area contributed by atoms with E-state index in [4.69, 9.17) is 0 Å². The van der Waals surface area contributed by atoms with E-state index in [1.54, 1.807) is 19.2 Å². The molecule has 114 valence electrons. The summed E-state index contributed by atoms with van der Waals surface area (Å²) in [6, 6.07) is 8.75. The number of guanidine groups is 1. The molecule has 1 heterocycles. The smallest absolute Gasteiger partial charge is 0.191 e. The second-order valence-corrected chi connectivity index (χ2v) is 4.56. The van der Waals surface area contributed by atoms with Crippen molar-refractivity contribution in [2.45, 2.75) is 13.1 Å². The number of aryl methyl sites for hydroxylation is 1. The van der Waals surface area contributed by atoms with E-state index in [2.05, 4.69) is 15.6 Å². The summed E-state index contributed by atoms with van der Waals surface area (Å²) < 4.78 is 15.5. The van der Waals surface area contributed by atoms with Crippen LogP contribution in [0.25, 0.3) is 0 Å². The Labute approximate surface area is 141 Å². The van der Waals surface area contributed by atoms with Crippen molar-refractivity contribution in [1.29, 1.82) is 0 Å². The van der Waals surface area contributed by atoms with E-state index in [0.717, 1.165) is 0 Å². The average Bonchev–Trinajstić information content (AvgIpc) is 2.86. The minimum atomic E-state index is -0.210. The predicted molar refractivity (Wildman–Crippen MR) is 94.3 cm³/mol. The van der Waals surface area contributed by atoms with Crippen LogP contribution < -0.4 is 10.6 Å². The third kappa shape index (κ3) is 5.37. The summed E-state index contributed by atoms with van der Waals surface area (Å²) in [5.74, 6) is 0.440. The van der Waals surface area contributed by atoms with Gasteiger partial charge in [-0.15, -0.1) is 24.0 Å². The summed E-state index contributed by atoms with van der Waals surface area (Å²) in [7, 11) is 3.68. The van der Waals surface area contributed by atoms with Crippen molar-refractivity contribution in [1.82, 2.24) is 15.2 Å². The fourth-order valence-corrected chi connectivity index (χ4v) is 1.89. The standard InChI is InChI=1S/C15H19FN4.HI/c1-17-15(18-9-12-7-8-20(2)11-12)19-10-13-5-3-4-6-14(13)16;/h3-8,11H,9-10H2,1-2H3,(H2,17,18,19);1H. The summed E-state index contributed by atoms with van der Waals surface area (Å²) >= 11 is 0. The first kappa shape index (κ1) is 17.5. The Morgan fingerprint density at radius 1 is 1.19 bits per heavy atom. The lowest BCUT2D eigenvalue weighted by Gasteiger charge is -2.11. The van der Waals surface area contributed by atoms with Crippen LogP contribution in [0.4, 0.5) is 4.39 Å². The van der Waals surface area contributed by atoms with Crippen LogP contribution in [-0.2, 0) is 20.1 Å². The Morgan fingerprint density at radius 3 is 2.52 bits per heavy atom. The lowest BCUT2D eigenvalue weighted by Crippen LogP contribution is -2.36. The first-order valence-electron chi connectivity index (χ1n) is 6.48. The molecule has 0 radical (unpaired) electrons. The van der Waals surface area contributed by atoms with Gasteiger partial charge in [-0.05, 0) is 17.7 Å². The van der Waals surface area contributed by atoms with Gasteiger partial charge in [0.05, 0.1) is 0 Å². The van der Waals surface area contributed by atoms with Crippen molar-refractivity contribution in [3.63, 3.8) is 0 Å². The summed E-state index contributed by atoms with van der Waals surface area (Å²) in [4.78, 5) is 4.12. The minimum absolute atomic E-state index is 0. The first-order valence-corrected chi connectivity index (χ1v) is 6.48. The molecule has 0 atom stereocenters. The van der Waals surface area contributed by atoms with E-state index in [1.165, 1.54) is 11.6 Å². The molecule has 0 spiro atoms. The van der Waals surface area contributed by atoms with Crippen molar-refractivity contribution in [2.24, 2.45) is 12.0 Å². The topological polar surface area (TPSA) is 41.4 Å². The normalized spacial score (nSPS) is 10.9. The van der Waals surface area contributed by atoms with Gasteiger partial charge in [0.25, 0.3) is 0 Å². The maximum Gasteiger partial charge on any atom is 0.191 e. The molecule has 0 amide bonds. The van der Waals surface area contributed by atoms with Crippen LogP contribution in [0.3, 0.4) is 0 Å². The Morgan fingerprint density at radius 2 is 1.90 bits per heavy atom. The zero-order valence-electron chi connectivity index (χ0n) is 12.1. The Bertz CT molecular complexity index is 595. The Kier molecular flexibility index (Phi) is 7.21. The molecule has 4 nitrogen and oxygen atoms in total. The third-order valence-corrected chi connectivity index (χ3v) is 2.98. The van der Waals surface area contributed by atoms with Crippen LogP contribution in [0, 0.1) is 5.82 Å². The summed E-state index contributed by atoms with van der Waals surface area (Å²) in [6.07, 6.45) is 4.03. The van der Waals surface area contributed by atoms with Crippen molar-refractivity contribution in [3.8, 4) is 0 Å². The van der Waals surface area contributed by atoms with Crippen LogP contribution in [0.15, 0.2) is 47.7 Å². The van der Waals surface area contributed by atoms with Gasteiger partial charge in [0.15, 0.2) is 5.96 Å². The van der Waals surface area contributed by atoms with Gasteiger partial charge < -0.3 is 15.2 Å². The molecule has 2 N–H and O–H groups in total. The van der Waals surface area contributed by atoms with Gasteiger partial charge in [-0.25, -0.2) is 4.39 Å². The number of rotatable bonds is 4. The molecule has 2 aromatic rings. The number of hydrogen-bond acceptors (Lipinski definition) is 1. The number of hydrogen-bond donors (Lipinski definition) is 2. The van der Waals surface area contributed by atoms with Crippen molar-refractivity contribution in [3.05, 3.63) is 59.7 Å². The third-order valence-electron chi connectivity index (χ3n) is 2.98.